The van der Waals surface area contributed by atoms with E-state index in [2.05, 4.69) is 6.08 Å². The van der Waals surface area contributed by atoms with Crippen LogP contribution in [0.25, 0.3) is 6.08 Å². The highest BCUT2D eigenvalue weighted by molar-refractivity contribution is 5.60. The fraction of sp³-hybridized carbons (Fsp3) is 0.200. The number of nitrogens with one attached hydrogen (secondary N) is 1. The van der Waals surface area contributed by atoms with Gasteiger partial charge in [0, 0.05) is 12.0 Å². The largest absolute Gasteiger partial charge is 0.629 e. The van der Waals surface area contributed by atoms with Crippen molar-refractivity contribution >= 4 is 11.8 Å². The maximum atomic E-state index is 11.5. The number of hydroxylamine groups is 1. The Bertz CT molecular complexity index is 306. The zero-order chi connectivity index (χ0) is 8.39. The molecule has 1 atom stereocenters. The average Bonchev–Trinajstić information content (AvgIpc) is 2.29. The molecule has 2 heteroatoms. The van der Waals surface area contributed by atoms with Gasteiger partial charge in [0.1, 0.15) is 5.69 Å². The van der Waals surface area contributed by atoms with Crippen molar-refractivity contribution in [3.63, 3.8) is 0 Å². The molecule has 0 saturated heterocycles. The van der Waals surface area contributed by atoms with Crippen LogP contribution >= 0.6 is 0 Å². The Labute approximate surface area is 71.7 Å². The summed E-state index contributed by atoms with van der Waals surface area (Å²) in [6, 6.07) is 7.75. The molecule has 2 rings (SSSR count). The standard InChI is InChI=1S/C10H11NO/c12-11-8-4-3-6-9-5-1-2-7-10(9)11/h1-3,5-7,11H,4,8H2. The minimum Gasteiger partial charge on any atom is -0.629 e. The molecule has 1 aliphatic heterocycles. The average molecular weight is 161 g/mol. The van der Waals surface area contributed by atoms with Crippen LogP contribution in [0.15, 0.2) is 30.3 Å². The molecule has 1 heterocycles. The van der Waals surface area contributed by atoms with Crippen molar-refractivity contribution in [1.29, 1.82) is 0 Å². The van der Waals surface area contributed by atoms with E-state index >= 15 is 0 Å². The van der Waals surface area contributed by atoms with Crippen molar-refractivity contribution in [2.45, 2.75) is 6.42 Å². The van der Waals surface area contributed by atoms with Gasteiger partial charge >= 0.3 is 0 Å². The van der Waals surface area contributed by atoms with Crippen molar-refractivity contribution in [2.75, 3.05) is 6.54 Å². The van der Waals surface area contributed by atoms with Crippen LogP contribution in [0.2, 0.25) is 0 Å². The van der Waals surface area contributed by atoms with Crippen LogP contribution < -0.4 is 5.06 Å². The topological polar surface area (TPSA) is 27.5 Å². The summed E-state index contributed by atoms with van der Waals surface area (Å²) in [7, 11) is 0. The van der Waals surface area contributed by atoms with E-state index in [0.29, 0.717) is 6.54 Å². The Morgan fingerprint density at radius 2 is 2.08 bits per heavy atom. The molecule has 1 aromatic carbocycles. The highest BCUT2D eigenvalue weighted by Gasteiger charge is 2.08. The SMILES string of the molecule is [O-][NH+]1CCC=Cc2ccccc21. The Kier molecular flexibility index (Phi) is 1.94. The van der Waals surface area contributed by atoms with Crippen LogP contribution in [0.4, 0.5) is 5.69 Å². The summed E-state index contributed by atoms with van der Waals surface area (Å²) in [5.74, 6) is 0. The highest BCUT2D eigenvalue weighted by Crippen LogP contribution is 2.14. The summed E-state index contributed by atoms with van der Waals surface area (Å²) in [5, 5.41) is 11.7. The van der Waals surface area contributed by atoms with E-state index in [1.165, 1.54) is 0 Å². The molecule has 2 nitrogen and oxygen atoms in total. The normalized spacial score (nSPS) is 21.6. The van der Waals surface area contributed by atoms with Gasteiger partial charge in [0.25, 0.3) is 0 Å². The summed E-state index contributed by atoms with van der Waals surface area (Å²) in [4.78, 5) is 0. The van der Waals surface area contributed by atoms with E-state index < -0.39 is 0 Å². The van der Waals surface area contributed by atoms with Crippen LogP contribution in [-0.2, 0) is 0 Å². The second-order valence-corrected chi connectivity index (χ2v) is 2.95. The minimum atomic E-state index is 0.260. The molecular weight excluding hydrogens is 150 g/mol. The third kappa shape index (κ3) is 1.26. The van der Waals surface area contributed by atoms with Gasteiger partial charge in [0.2, 0.25) is 0 Å². The van der Waals surface area contributed by atoms with Gasteiger partial charge in [0.05, 0.1) is 6.54 Å². The van der Waals surface area contributed by atoms with Gasteiger partial charge in [-0.3, -0.25) is 0 Å². The lowest BCUT2D eigenvalue weighted by Gasteiger charge is -2.21. The molecule has 12 heavy (non-hydrogen) atoms. The molecule has 0 amide bonds. The number of quaternary nitrogens is 1. The first-order valence-electron chi connectivity index (χ1n) is 4.17. The van der Waals surface area contributed by atoms with Gasteiger partial charge in [0.15, 0.2) is 0 Å². The number of rotatable bonds is 0. The van der Waals surface area contributed by atoms with E-state index in [0.717, 1.165) is 17.7 Å². The highest BCUT2D eigenvalue weighted by atomic mass is 16.5. The zero-order valence-corrected chi connectivity index (χ0v) is 6.79. The molecule has 0 bridgehead atoms. The first-order chi connectivity index (χ1) is 5.88. The van der Waals surface area contributed by atoms with Crippen LogP contribution in [0.5, 0.6) is 0 Å². The van der Waals surface area contributed by atoms with Crippen molar-refractivity contribution in [3.8, 4) is 0 Å². The third-order valence-corrected chi connectivity index (χ3v) is 2.10. The number of para-hydroxylation sites is 1. The van der Waals surface area contributed by atoms with Crippen LogP contribution in [0.1, 0.15) is 12.0 Å². The quantitative estimate of drug-likeness (QED) is 0.567. The number of benzene rings is 1. The third-order valence-electron chi connectivity index (χ3n) is 2.10. The van der Waals surface area contributed by atoms with Crippen LogP contribution in [0, 0.1) is 5.21 Å². The van der Waals surface area contributed by atoms with Crippen molar-refractivity contribution in [2.24, 2.45) is 0 Å². The van der Waals surface area contributed by atoms with Crippen molar-refractivity contribution in [1.82, 2.24) is 0 Å². The van der Waals surface area contributed by atoms with Crippen LogP contribution in [0.3, 0.4) is 0 Å². The molecular formula is C10H11NO. The Balaban J connectivity index is 2.49. The lowest BCUT2D eigenvalue weighted by atomic mass is 10.2. The van der Waals surface area contributed by atoms with Crippen molar-refractivity contribution < 1.29 is 5.06 Å². The Hall–Kier alpha value is -1.12. The monoisotopic (exact) mass is 161 g/mol. The second kappa shape index (κ2) is 3.09. The van der Waals surface area contributed by atoms with E-state index in [-0.39, 0.29) is 5.06 Å². The van der Waals surface area contributed by atoms with Gasteiger partial charge in [-0.1, -0.05) is 24.3 Å². The molecule has 1 aromatic rings. The second-order valence-electron chi connectivity index (χ2n) is 2.95. The van der Waals surface area contributed by atoms with E-state index in [1.807, 2.05) is 30.3 Å². The van der Waals surface area contributed by atoms with Gasteiger partial charge < -0.3 is 10.3 Å². The molecule has 0 aliphatic carbocycles. The molecule has 0 radical (unpaired) electrons. The lowest BCUT2D eigenvalue weighted by Crippen LogP contribution is -3.02. The zero-order valence-electron chi connectivity index (χ0n) is 6.79. The fourth-order valence-corrected chi connectivity index (χ4v) is 1.46. The van der Waals surface area contributed by atoms with E-state index in [4.69, 9.17) is 0 Å². The molecule has 1 N–H and O–H groups in total. The first-order valence-corrected chi connectivity index (χ1v) is 4.17. The summed E-state index contributed by atoms with van der Waals surface area (Å²) in [6.45, 7) is 0.646. The predicted octanol–water partition coefficient (Wildman–Crippen LogP) is 1.12. The summed E-state index contributed by atoms with van der Waals surface area (Å²) < 4.78 is 0. The first kappa shape index (κ1) is 7.53. The van der Waals surface area contributed by atoms with Gasteiger partial charge in [-0.05, 0) is 12.1 Å². The summed E-state index contributed by atoms with van der Waals surface area (Å²) in [5.41, 5.74) is 1.92. The Morgan fingerprint density at radius 3 is 3.00 bits per heavy atom. The smallest absolute Gasteiger partial charge is 0.138 e. The summed E-state index contributed by atoms with van der Waals surface area (Å²) in [6.07, 6.45) is 4.96. The molecule has 0 spiro atoms. The molecule has 0 aromatic heterocycles. The molecule has 0 fully saturated rings. The summed E-state index contributed by atoms with van der Waals surface area (Å²) >= 11 is 0. The molecule has 0 saturated carbocycles. The molecule has 1 aliphatic rings. The van der Waals surface area contributed by atoms with Gasteiger partial charge in [-0.25, -0.2) is 0 Å². The van der Waals surface area contributed by atoms with Crippen molar-refractivity contribution in [3.05, 3.63) is 41.1 Å². The van der Waals surface area contributed by atoms with E-state index in [9.17, 15) is 5.21 Å². The maximum absolute atomic E-state index is 11.5. The fourth-order valence-electron chi connectivity index (χ4n) is 1.46. The number of hydrogen-bond acceptors (Lipinski definition) is 1. The number of hydrogen-bond donors (Lipinski definition) is 1. The number of fused-ring (bicyclic) bond motifs is 1. The lowest BCUT2D eigenvalue weighted by molar-refractivity contribution is -0.775. The predicted molar refractivity (Wildman–Crippen MR) is 48.9 cm³/mol. The minimum absolute atomic E-state index is 0.260. The van der Waals surface area contributed by atoms with Gasteiger partial charge in [-0.2, -0.15) is 0 Å². The molecule has 1 unspecified atom stereocenters. The van der Waals surface area contributed by atoms with Gasteiger partial charge in [-0.15, -0.1) is 0 Å². The molecule has 62 valence electrons. The van der Waals surface area contributed by atoms with Crippen LogP contribution in [-0.4, -0.2) is 6.54 Å². The Morgan fingerprint density at radius 1 is 1.25 bits per heavy atom. The maximum Gasteiger partial charge on any atom is 0.138 e. The van der Waals surface area contributed by atoms with E-state index in [1.54, 1.807) is 0 Å².